The number of carbonyl (C=O) groups excluding carboxylic acids is 2. The Bertz CT molecular complexity index is 605. The van der Waals surface area contributed by atoms with Crippen LogP contribution in [0, 0.1) is 5.92 Å². The Kier molecular flexibility index (Phi) is 4.46. The van der Waals surface area contributed by atoms with Crippen LogP contribution in [0.15, 0.2) is 22.7 Å². The van der Waals surface area contributed by atoms with E-state index in [-0.39, 0.29) is 23.7 Å². The smallest absolute Gasteiger partial charge is 0.337 e. The van der Waals surface area contributed by atoms with Gasteiger partial charge in [-0.3, -0.25) is 4.79 Å². The second-order valence-electron chi connectivity index (χ2n) is 4.76. The summed E-state index contributed by atoms with van der Waals surface area (Å²) in [5, 5.41) is 11.7. The summed E-state index contributed by atoms with van der Waals surface area (Å²) in [6.07, 6.45) is 0.521. The van der Waals surface area contributed by atoms with Crippen molar-refractivity contribution in [2.45, 2.75) is 6.42 Å². The van der Waals surface area contributed by atoms with Gasteiger partial charge in [-0.25, -0.2) is 9.59 Å². The zero-order chi connectivity index (χ0) is 15.6. The lowest BCUT2D eigenvalue weighted by Gasteiger charge is -2.18. The fourth-order valence-corrected chi connectivity index (χ4v) is 2.54. The van der Waals surface area contributed by atoms with Crippen molar-refractivity contribution in [2.75, 3.05) is 18.4 Å². The standard InChI is InChI=1S/C13H14BrN3O4/c14-8-1-2-9(12(19)20)10(5-8)16-13(21)17-4-3-7(6-17)11(15)18/h1-2,5,7H,3-4,6H2,(H2,15,18)(H,16,21)(H,19,20). The molecule has 1 heterocycles. The van der Waals surface area contributed by atoms with Gasteiger partial charge < -0.3 is 21.1 Å². The minimum atomic E-state index is -1.13. The number of aromatic carboxylic acids is 1. The first-order valence-corrected chi connectivity index (χ1v) is 7.06. The van der Waals surface area contributed by atoms with E-state index in [0.717, 1.165) is 0 Å². The number of nitrogens with one attached hydrogen (secondary N) is 1. The van der Waals surface area contributed by atoms with Crippen molar-refractivity contribution in [2.24, 2.45) is 11.7 Å². The number of urea groups is 1. The molecule has 1 aliphatic rings. The maximum atomic E-state index is 12.1. The molecule has 0 aromatic heterocycles. The molecule has 0 radical (unpaired) electrons. The molecular formula is C13H14BrN3O4. The highest BCUT2D eigenvalue weighted by Crippen LogP contribution is 2.23. The molecular weight excluding hydrogens is 342 g/mol. The van der Waals surface area contributed by atoms with Crippen LogP contribution in [0.1, 0.15) is 16.8 Å². The Morgan fingerprint density at radius 1 is 1.38 bits per heavy atom. The molecule has 1 saturated heterocycles. The number of nitrogens with two attached hydrogens (primary N) is 1. The number of carbonyl (C=O) groups is 3. The van der Waals surface area contributed by atoms with Crippen LogP contribution in [0.25, 0.3) is 0 Å². The summed E-state index contributed by atoms with van der Waals surface area (Å²) in [6.45, 7) is 0.660. The first-order chi connectivity index (χ1) is 9.88. The molecule has 4 N–H and O–H groups in total. The van der Waals surface area contributed by atoms with Crippen LogP contribution in [0.3, 0.4) is 0 Å². The van der Waals surface area contributed by atoms with Gasteiger partial charge in [0.05, 0.1) is 17.2 Å². The van der Waals surface area contributed by atoms with Gasteiger partial charge in [0.1, 0.15) is 0 Å². The van der Waals surface area contributed by atoms with E-state index in [4.69, 9.17) is 10.8 Å². The van der Waals surface area contributed by atoms with Crippen LogP contribution in [-0.4, -0.2) is 41.0 Å². The Hall–Kier alpha value is -2.09. The third-order valence-corrected chi connectivity index (χ3v) is 3.82. The molecule has 1 aromatic carbocycles. The Balaban J connectivity index is 2.12. The lowest BCUT2D eigenvalue weighted by Crippen LogP contribution is -2.35. The number of hydrogen-bond acceptors (Lipinski definition) is 3. The molecule has 3 amide bonds. The molecule has 1 unspecified atom stereocenters. The summed E-state index contributed by atoms with van der Waals surface area (Å²) >= 11 is 3.23. The predicted molar refractivity (Wildman–Crippen MR) is 79.0 cm³/mol. The fourth-order valence-electron chi connectivity index (χ4n) is 2.18. The van der Waals surface area contributed by atoms with Gasteiger partial charge in [0.15, 0.2) is 0 Å². The minimum Gasteiger partial charge on any atom is -0.478 e. The Morgan fingerprint density at radius 3 is 2.67 bits per heavy atom. The van der Waals surface area contributed by atoms with Crippen LogP contribution in [-0.2, 0) is 4.79 Å². The van der Waals surface area contributed by atoms with E-state index in [1.54, 1.807) is 6.07 Å². The molecule has 2 rings (SSSR count). The largest absolute Gasteiger partial charge is 0.478 e. The Labute approximate surface area is 129 Å². The molecule has 1 atom stereocenters. The van der Waals surface area contributed by atoms with E-state index in [1.807, 2.05) is 0 Å². The van der Waals surface area contributed by atoms with Gasteiger partial charge in [-0.05, 0) is 24.6 Å². The lowest BCUT2D eigenvalue weighted by atomic mass is 10.1. The van der Waals surface area contributed by atoms with Crippen molar-refractivity contribution >= 4 is 39.5 Å². The quantitative estimate of drug-likeness (QED) is 0.761. The summed E-state index contributed by atoms with van der Waals surface area (Å²) in [4.78, 5) is 35.8. The number of halogens is 1. The van der Waals surface area contributed by atoms with Crippen LogP contribution < -0.4 is 11.1 Å². The molecule has 21 heavy (non-hydrogen) atoms. The number of anilines is 1. The number of carboxylic acid groups (broad SMARTS) is 1. The maximum Gasteiger partial charge on any atom is 0.337 e. The SMILES string of the molecule is NC(=O)C1CCN(C(=O)Nc2cc(Br)ccc2C(=O)O)C1. The van der Waals surface area contributed by atoms with E-state index in [0.29, 0.717) is 17.4 Å². The summed E-state index contributed by atoms with van der Waals surface area (Å²) in [7, 11) is 0. The van der Waals surface area contributed by atoms with Crippen LogP contribution in [0.2, 0.25) is 0 Å². The number of rotatable bonds is 3. The molecule has 0 bridgehead atoms. The Morgan fingerprint density at radius 2 is 2.10 bits per heavy atom. The van der Waals surface area contributed by atoms with Gasteiger partial charge in [-0.1, -0.05) is 15.9 Å². The molecule has 0 spiro atoms. The minimum absolute atomic E-state index is 0.00259. The van der Waals surface area contributed by atoms with Crippen molar-refractivity contribution in [3.8, 4) is 0 Å². The second kappa shape index (κ2) is 6.13. The summed E-state index contributed by atoms with van der Waals surface area (Å²) < 4.78 is 0.652. The first-order valence-electron chi connectivity index (χ1n) is 6.26. The molecule has 7 nitrogen and oxygen atoms in total. The van der Waals surface area contributed by atoms with Crippen molar-refractivity contribution < 1.29 is 19.5 Å². The molecule has 1 fully saturated rings. The topological polar surface area (TPSA) is 113 Å². The highest BCUT2D eigenvalue weighted by Gasteiger charge is 2.30. The highest BCUT2D eigenvalue weighted by molar-refractivity contribution is 9.10. The number of nitrogens with zero attached hydrogens (tertiary/aromatic N) is 1. The number of likely N-dealkylation sites (tertiary alicyclic amines) is 1. The number of hydrogen-bond donors (Lipinski definition) is 3. The average Bonchev–Trinajstić information content (AvgIpc) is 2.88. The molecule has 0 aliphatic carbocycles. The normalized spacial score (nSPS) is 17.6. The van der Waals surface area contributed by atoms with E-state index < -0.39 is 17.9 Å². The van der Waals surface area contributed by atoms with Gasteiger partial charge in [-0.2, -0.15) is 0 Å². The van der Waals surface area contributed by atoms with Crippen LogP contribution in [0.4, 0.5) is 10.5 Å². The van der Waals surface area contributed by atoms with Crippen molar-refractivity contribution in [3.05, 3.63) is 28.2 Å². The number of amides is 3. The summed E-state index contributed by atoms with van der Waals surface area (Å²) in [5.41, 5.74) is 5.41. The lowest BCUT2D eigenvalue weighted by molar-refractivity contribution is -0.121. The predicted octanol–water partition coefficient (Wildman–Crippen LogP) is 1.49. The molecule has 0 saturated carbocycles. The van der Waals surface area contributed by atoms with Crippen molar-refractivity contribution in [3.63, 3.8) is 0 Å². The van der Waals surface area contributed by atoms with E-state index >= 15 is 0 Å². The molecule has 1 aliphatic heterocycles. The van der Waals surface area contributed by atoms with Crippen LogP contribution >= 0.6 is 15.9 Å². The van der Waals surface area contributed by atoms with Gasteiger partial charge >= 0.3 is 12.0 Å². The number of carboxylic acids is 1. The molecule has 8 heteroatoms. The van der Waals surface area contributed by atoms with E-state index in [1.165, 1.54) is 17.0 Å². The van der Waals surface area contributed by atoms with Gasteiger partial charge in [0.2, 0.25) is 5.91 Å². The number of primary amides is 1. The summed E-state index contributed by atoms with van der Waals surface area (Å²) in [6, 6.07) is 4.05. The molecule has 1 aromatic rings. The highest BCUT2D eigenvalue weighted by atomic mass is 79.9. The van der Waals surface area contributed by atoms with E-state index in [9.17, 15) is 14.4 Å². The summed E-state index contributed by atoms with van der Waals surface area (Å²) in [5.74, 6) is -1.91. The van der Waals surface area contributed by atoms with Gasteiger partial charge in [0, 0.05) is 17.6 Å². The zero-order valence-corrected chi connectivity index (χ0v) is 12.6. The number of benzene rings is 1. The maximum absolute atomic E-state index is 12.1. The second-order valence-corrected chi connectivity index (χ2v) is 5.67. The molecule has 112 valence electrons. The zero-order valence-electron chi connectivity index (χ0n) is 11.0. The van der Waals surface area contributed by atoms with Crippen molar-refractivity contribution in [1.29, 1.82) is 0 Å². The first kappa shape index (κ1) is 15.3. The van der Waals surface area contributed by atoms with Crippen LogP contribution in [0.5, 0.6) is 0 Å². The third kappa shape index (κ3) is 3.52. The van der Waals surface area contributed by atoms with Crippen molar-refractivity contribution in [1.82, 2.24) is 4.90 Å². The van der Waals surface area contributed by atoms with Gasteiger partial charge in [-0.15, -0.1) is 0 Å². The van der Waals surface area contributed by atoms with Gasteiger partial charge in [0.25, 0.3) is 0 Å². The third-order valence-electron chi connectivity index (χ3n) is 3.33. The monoisotopic (exact) mass is 355 g/mol. The van der Waals surface area contributed by atoms with E-state index in [2.05, 4.69) is 21.2 Å². The fraction of sp³-hybridized carbons (Fsp3) is 0.308. The average molecular weight is 356 g/mol.